The number of carbonyl (C=O) groups is 1. The lowest BCUT2D eigenvalue weighted by Gasteiger charge is -2.38. The molecule has 4 atom stereocenters. The molecular formula is C20H22O4. The van der Waals surface area contributed by atoms with Gasteiger partial charge in [-0.2, -0.15) is 0 Å². The smallest absolute Gasteiger partial charge is 0.309 e. The Kier molecular flexibility index (Phi) is 2.94. The summed E-state index contributed by atoms with van der Waals surface area (Å²) in [5, 5.41) is 11.1. The normalized spacial score (nSPS) is 36.6. The van der Waals surface area contributed by atoms with E-state index >= 15 is 0 Å². The summed E-state index contributed by atoms with van der Waals surface area (Å²) in [6, 6.07) is 6.39. The van der Waals surface area contributed by atoms with Crippen LogP contribution in [0.1, 0.15) is 43.2 Å². The Hall–Kier alpha value is -1.81. The summed E-state index contributed by atoms with van der Waals surface area (Å²) in [5.41, 5.74) is 4.77. The van der Waals surface area contributed by atoms with Crippen molar-refractivity contribution in [2.45, 2.75) is 50.2 Å². The average molecular weight is 326 g/mol. The molecule has 2 fully saturated rings. The zero-order chi connectivity index (χ0) is 16.5. The Bertz CT molecular complexity index is 765. The lowest BCUT2D eigenvalue weighted by molar-refractivity contribution is -0.142. The molecule has 1 heterocycles. The maximum Gasteiger partial charge on any atom is 0.309 e. The molecule has 1 saturated carbocycles. The fraction of sp³-hybridized carbons (Fsp3) is 0.550. The van der Waals surface area contributed by atoms with Gasteiger partial charge in [-0.15, -0.1) is 0 Å². The standard InChI is InChI=1S/C20H22O4/c1-23-12-3-5-13-11(8-12)2-4-15-14(13)6-7-17-16(15)9-18-20(17,22)10-19(21)24-18/h3,5,8,16-18,22H,2,4,6-7,9-10H2,1H3. The number of ether oxygens (including phenoxy) is 2. The Morgan fingerprint density at radius 2 is 2.17 bits per heavy atom. The first-order valence-electron chi connectivity index (χ1n) is 8.91. The number of esters is 1. The van der Waals surface area contributed by atoms with Gasteiger partial charge in [-0.3, -0.25) is 4.79 Å². The van der Waals surface area contributed by atoms with Gasteiger partial charge in [-0.1, -0.05) is 11.6 Å². The minimum Gasteiger partial charge on any atom is -0.497 e. The molecule has 0 bridgehead atoms. The molecule has 1 aromatic rings. The number of benzene rings is 1. The van der Waals surface area contributed by atoms with E-state index in [0.29, 0.717) is 5.92 Å². The zero-order valence-corrected chi connectivity index (χ0v) is 13.9. The average Bonchev–Trinajstić information content (AvgIpc) is 3.02. The highest BCUT2D eigenvalue weighted by Crippen LogP contribution is 2.58. The van der Waals surface area contributed by atoms with E-state index in [1.54, 1.807) is 7.11 Å². The number of carbonyl (C=O) groups excluding carboxylic acids is 1. The van der Waals surface area contributed by atoms with E-state index in [1.165, 1.54) is 22.3 Å². The predicted molar refractivity (Wildman–Crippen MR) is 88.5 cm³/mol. The first kappa shape index (κ1) is 14.5. The molecule has 5 rings (SSSR count). The van der Waals surface area contributed by atoms with Gasteiger partial charge < -0.3 is 14.6 Å². The number of aryl methyl sites for hydroxylation is 1. The summed E-state index contributed by atoms with van der Waals surface area (Å²) in [6.45, 7) is 0. The van der Waals surface area contributed by atoms with E-state index < -0.39 is 5.60 Å². The third kappa shape index (κ3) is 1.80. The quantitative estimate of drug-likeness (QED) is 0.806. The summed E-state index contributed by atoms with van der Waals surface area (Å²) in [4.78, 5) is 11.6. The molecule has 4 heteroatoms. The van der Waals surface area contributed by atoms with Gasteiger partial charge in [0.25, 0.3) is 0 Å². The van der Waals surface area contributed by atoms with Gasteiger partial charge in [0.05, 0.1) is 13.5 Å². The number of rotatable bonds is 1. The van der Waals surface area contributed by atoms with Crippen LogP contribution in [-0.2, 0) is 16.0 Å². The van der Waals surface area contributed by atoms with Gasteiger partial charge >= 0.3 is 5.97 Å². The summed E-state index contributed by atoms with van der Waals surface area (Å²) < 4.78 is 10.8. The van der Waals surface area contributed by atoms with E-state index in [9.17, 15) is 9.90 Å². The zero-order valence-electron chi connectivity index (χ0n) is 13.9. The molecule has 24 heavy (non-hydrogen) atoms. The largest absolute Gasteiger partial charge is 0.497 e. The summed E-state index contributed by atoms with van der Waals surface area (Å²) >= 11 is 0. The SMILES string of the molecule is COc1ccc2c(c1)CCC1=C2CCC2C1CC1OC(=O)CC12O. The molecule has 4 nitrogen and oxygen atoms in total. The molecule has 1 saturated heterocycles. The van der Waals surface area contributed by atoms with E-state index in [4.69, 9.17) is 9.47 Å². The second-order valence-electron chi connectivity index (χ2n) is 7.66. The number of aliphatic hydroxyl groups is 1. The van der Waals surface area contributed by atoms with Crippen molar-refractivity contribution >= 4 is 11.5 Å². The molecule has 3 aliphatic carbocycles. The number of allylic oxidation sites excluding steroid dienone is 2. The number of hydrogen-bond acceptors (Lipinski definition) is 4. The van der Waals surface area contributed by atoms with Crippen molar-refractivity contribution in [2.75, 3.05) is 7.11 Å². The van der Waals surface area contributed by atoms with Crippen molar-refractivity contribution in [1.82, 2.24) is 0 Å². The van der Waals surface area contributed by atoms with E-state index in [-0.39, 0.29) is 24.4 Å². The maximum absolute atomic E-state index is 11.6. The van der Waals surface area contributed by atoms with Crippen LogP contribution in [0.15, 0.2) is 23.8 Å². The second kappa shape index (κ2) is 4.85. The third-order valence-electron chi connectivity index (χ3n) is 6.70. The summed E-state index contributed by atoms with van der Waals surface area (Å²) in [7, 11) is 1.71. The molecule has 4 unspecified atom stereocenters. The Morgan fingerprint density at radius 3 is 3.00 bits per heavy atom. The number of hydrogen-bond donors (Lipinski definition) is 1. The minimum atomic E-state index is -0.930. The van der Waals surface area contributed by atoms with Gasteiger partial charge in [0.2, 0.25) is 0 Å². The maximum atomic E-state index is 11.6. The highest BCUT2D eigenvalue weighted by atomic mass is 16.6. The molecule has 0 amide bonds. The van der Waals surface area contributed by atoms with Crippen LogP contribution in [0.2, 0.25) is 0 Å². The van der Waals surface area contributed by atoms with Gasteiger partial charge in [-0.05, 0) is 72.8 Å². The first-order valence-corrected chi connectivity index (χ1v) is 8.91. The molecule has 1 N–H and O–H groups in total. The Labute approximate surface area is 141 Å². The van der Waals surface area contributed by atoms with Gasteiger partial charge in [0.1, 0.15) is 17.5 Å². The molecule has 0 spiro atoms. The van der Waals surface area contributed by atoms with E-state index in [2.05, 4.69) is 12.1 Å². The molecule has 0 aromatic heterocycles. The molecule has 4 aliphatic rings. The summed E-state index contributed by atoms with van der Waals surface area (Å²) in [5.74, 6) is 1.23. The fourth-order valence-corrected chi connectivity index (χ4v) is 5.64. The van der Waals surface area contributed by atoms with Crippen molar-refractivity contribution in [2.24, 2.45) is 11.8 Å². The monoisotopic (exact) mass is 326 g/mol. The van der Waals surface area contributed by atoms with Crippen molar-refractivity contribution in [3.8, 4) is 5.75 Å². The number of fused-ring (bicyclic) bond motifs is 6. The van der Waals surface area contributed by atoms with Gasteiger partial charge in [0, 0.05) is 0 Å². The highest BCUT2D eigenvalue weighted by molar-refractivity contribution is 5.77. The molecule has 0 radical (unpaired) electrons. The summed E-state index contributed by atoms with van der Waals surface area (Å²) in [6.07, 6.45) is 4.67. The van der Waals surface area contributed by atoms with E-state index in [0.717, 1.165) is 37.9 Å². The molecule has 1 aliphatic heterocycles. The minimum absolute atomic E-state index is 0.174. The van der Waals surface area contributed by atoms with Gasteiger partial charge in [0.15, 0.2) is 0 Å². The van der Waals surface area contributed by atoms with Crippen LogP contribution in [0.5, 0.6) is 5.75 Å². The van der Waals surface area contributed by atoms with Crippen molar-refractivity contribution in [3.63, 3.8) is 0 Å². The second-order valence-corrected chi connectivity index (χ2v) is 7.66. The van der Waals surface area contributed by atoms with Gasteiger partial charge in [-0.25, -0.2) is 0 Å². The lowest BCUT2D eigenvalue weighted by atomic mass is 9.67. The lowest BCUT2D eigenvalue weighted by Crippen LogP contribution is -2.41. The van der Waals surface area contributed by atoms with Crippen LogP contribution in [-0.4, -0.2) is 29.9 Å². The predicted octanol–water partition coefficient (Wildman–Crippen LogP) is 2.87. The fourth-order valence-electron chi connectivity index (χ4n) is 5.64. The van der Waals surface area contributed by atoms with Crippen molar-refractivity contribution in [1.29, 1.82) is 0 Å². The van der Waals surface area contributed by atoms with E-state index in [1.807, 2.05) is 6.07 Å². The van der Waals surface area contributed by atoms with Crippen LogP contribution >= 0.6 is 0 Å². The van der Waals surface area contributed by atoms with Crippen molar-refractivity contribution in [3.05, 3.63) is 34.9 Å². The van der Waals surface area contributed by atoms with Crippen LogP contribution < -0.4 is 4.74 Å². The van der Waals surface area contributed by atoms with Crippen molar-refractivity contribution < 1.29 is 19.4 Å². The van der Waals surface area contributed by atoms with Crippen LogP contribution in [0, 0.1) is 11.8 Å². The van der Waals surface area contributed by atoms with Crippen LogP contribution in [0.25, 0.3) is 5.57 Å². The van der Waals surface area contributed by atoms with Crippen LogP contribution in [0.3, 0.4) is 0 Å². The Morgan fingerprint density at radius 1 is 1.29 bits per heavy atom. The third-order valence-corrected chi connectivity index (χ3v) is 6.70. The topological polar surface area (TPSA) is 55.8 Å². The molecule has 126 valence electrons. The number of methoxy groups -OCH3 is 1. The highest BCUT2D eigenvalue weighted by Gasteiger charge is 2.62. The Balaban J connectivity index is 1.55. The van der Waals surface area contributed by atoms with Crippen LogP contribution in [0.4, 0.5) is 0 Å². The first-order chi connectivity index (χ1) is 11.6. The molecule has 1 aromatic carbocycles. The molecular weight excluding hydrogens is 304 g/mol.